The van der Waals surface area contributed by atoms with Gasteiger partial charge in [0.15, 0.2) is 0 Å². The zero-order valence-corrected chi connectivity index (χ0v) is 14.1. The van der Waals surface area contributed by atoms with Gasteiger partial charge in [0.1, 0.15) is 0 Å². The normalized spacial score (nSPS) is 10.8. The molecule has 24 heavy (non-hydrogen) atoms. The van der Waals surface area contributed by atoms with Crippen molar-refractivity contribution in [2.45, 2.75) is 20.0 Å². The molecular formula is C20H18O3S. The van der Waals surface area contributed by atoms with E-state index in [4.69, 9.17) is 5.11 Å². The molecule has 2 aromatic carbocycles. The van der Waals surface area contributed by atoms with Crippen molar-refractivity contribution in [3.63, 3.8) is 0 Å². The Labute approximate surface area is 144 Å². The minimum atomic E-state index is -0.910. The first kappa shape index (κ1) is 16.4. The summed E-state index contributed by atoms with van der Waals surface area (Å²) in [5.41, 5.74) is 4.69. The van der Waals surface area contributed by atoms with Gasteiger partial charge in [-0.3, -0.25) is 0 Å². The van der Waals surface area contributed by atoms with Crippen LogP contribution in [0.25, 0.3) is 10.4 Å². The maximum Gasteiger partial charge on any atom is 0.335 e. The quantitative estimate of drug-likeness (QED) is 0.720. The molecule has 0 saturated carbocycles. The predicted octanol–water partition coefficient (Wildman–Crippen LogP) is 4.50. The molecule has 0 radical (unpaired) electrons. The summed E-state index contributed by atoms with van der Waals surface area (Å²) in [5, 5.41) is 18.3. The summed E-state index contributed by atoms with van der Waals surface area (Å²) in [5.74, 6) is -0.910. The van der Waals surface area contributed by atoms with Crippen molar-refractivity contribution in [2.24, 2.45) is 0 Å². The van der Waals surface area contributed by atoms with Crippen LogP contribution in [0.3, 0.4) is 0 Å². The molecule has 1 heterocycles. The molecule has 122 valence electrons. The zero-order chi connectivity index (χ0) is 17.1. The fourth-order valence-corrected chi connectivity index (χ4v) is 3.64. The van der Waals surface area contributed by atoms with Crippen molar-refractivity contribution >= 4 is 17.3 Å². The molecule has 3 nitrogen and oxygen atoms in total. The van der Waals surface area contributed by atoms with E-state index in [9.17, 15) is 9.90 Å². The van der Waals surface area contributed by atoms with Gasteiger partial charge in [-0.15, -0.1) is 11.3 Å². The highest BCUT2D eigenvalue weighted by Gasteiger charge is 2.08. The van der Waals surface area contributed by atoms with Crippen molar-refractivity contribution in [3.05, 3.63) is 81.7 Å². The fourth-order valence-electron chi connectivity index (χ4n) is 2.61. The van der Waals surface area contributed by atoms with Gasteiger partial charge in [-0.1, -0.05) is 30.3 Å². The summed E-state index contributed by atoms with van der Waals surface area (Å²) in [6.07, 6.45) is 0.831. The van der Waals surface area contributed by atoms with Crippen molar-refractivity contribution in [1.82, 2.24) is 0 Å². The summed E-state index contributed by atoms with van der Waals surface area (Å²) < 4.78 is 0. The summed E-state index contributed by atoms with van der Waals surface area (Å²) in [7, 11) is 0. The van der Waals surface area contributed by atoms with Crippen LogP contribution in [-0.4, -0.2) is 16.2 Å². The van der Waals surface area contributed by atoms with Crippen LogP contribution in [0.4, 0.5) is 0 Å². The van der Waals surface area contributed by atoms with Gasteiger partial charge in [0, 0.05) is 16.2 Å². The Morgan fingerprint density at radius 3 is 2.46 bits per heavy atom. The van der Waals surface area contributed by atoms with Gasteiger partial charge < -0.3 is 10.2 Å². The molecule has 0 atom stereocenters. The molecule has 0 aliphatic carbocycles. The van der Waals surface area contributed by atoms with E-state index in [-0.39, 0.29) is 6.61 Å². The lowest BCUT2D eigenvalue weighted by molar-refractivity contribution is 0.0697. The SMILES string of the molecule is Cc1ccc(CO)cc1Cc1ccc(-c2ccc(C(=O)O)cc2)s1. The number of hydrogen-bond donors (Lipinski definition) is 2. The number of hydrogen-bond acceptors (Lipinski definition) is 3. The third-order valence-corrected chi connectivity index (χ3v) is 5.17. The molecule has 4 heteroatoms. The Kier molecular flexibility index (Phi) is 4.79. The number of aliphatic hydroxyl groups is 1. The number of benzene rings is 2. The lowest BCUT2D eigenvalue weighted by Crippen LogP contribution is -1.94. The van der Waals surface area contributed by atoms with E-state index in [0.29, 0.717) is 5.56 Å². The Bertz CT molecular complexity index is 863. The van der Waals surface area contributed by atoms with Gasteiger partial charge in [-0.05, 0) is 53.4 Å². The molecule has 0 amide bonds. The third kappa shape index (κ3) is 3.55. The summed E-state index contributed by atoms with van der Waals surface area (Å²) in [6, 6.07) is 17.2. The van der Waals surface area contributed by atoms with E-state index in [2.05, 4.69) is 25.1 Å². The Hall–Kier alpha value is -2.43. The first-order chi connectivity index (χ1) is 11.6. The van der Waals surface area contributed by atoms with Gasteiger partial charge >= 0.3 is 5.97 Å². The van der Waals surface area contributed by atoms with Crippen molar-refractivity contribution in [2.75, 3.05) is 0 Å². The number of rotatable bonds is 5. The number of carboxylic acids is 1. The maximum atomic E-state index is 10.9. The van der Waals surface area contributed by atoms with Gasteiger partial charge in [-0.25, -0.2) is 4.79 Å². The largest absolute Gasteiger partial charge is 0.478 e. The molecule has 0 aliphatic heterocycles. The molecule has 0 fully saturated rings. The standard InChI is InChI=1S/C20H18O3S/c1-13-2-3-14(12-21)10-17(13)11-18-8-9-19(24-18)15-4-6-16(7-5-15)20(22)23/h2-10,21H,11-12H2,1H3,(H,22,23). The average Bonchev–Trinajstić information content (AvgIpc) is 3.05. The van der Waals surface area contributed by atoms with E-state index in [1.165, 1.54) is 16.0 Å². The van der Waals surface area contributed by atoms with Crippen LogP contribution in [0.15, 0.2) is 54.6 Å². The molecule has 0 saturated heterocycles. The molecule has 0 unspecified atom stereocenters. The first-order valence-electron chi connectivity index (χ1n) is 7.68. The maximum absolute atomic E-state index is 10.9. The summed E-state index contributed by atoms with van der Waals surface area (Å²) in [4.78, 5) is 13.3. The minimum Gasteiger partial charge on any atom is -0.478 e. The minimum absolute atomic E-state index is 0.0545. The van der Waals surface area contributed by atoms with Crippen molar-refractivity contribution in [1.29, 1.82) is 0 Å². The monoisotopic (exact) mass is 338 g/mol. The highest BCUT2D eigenvalue weighted by atomic mass is 32.1. The van der Waals surface area contributed by atoms with Gasteiger partial charge in [0.25, 0.3) is 0 Å². The second-order valence-corrected chi connectivity index (χ2v) is 6.91. The van der Waals surface area contributed by atoms with E-state index in [0.717, 1.165) is 22.4 Å². The van der Waals surface area contributed by atoms with E-state index in [1.807, 2.05) is 24.3 Å². The van der Waals surface area contributed by atoms with Crippen LogP contribution in [-0.2, 0) is 13.0 Å². The smallest absolute Gasteiger partial charge is 0.335 e. The lowest BCUT2D eigenvalue weighted by atomic mass is 10.0. The molecule has 3 rings (SSSR count). The van der Waals surface area contributed by atoms with Gasteiger partial charge in [-0.2, -0.15) is 0 Å². The van der Waals surface area contributed by atoms with Crippen molar-refractivity contribution < 1.29 is 15.0 Å². The van der Waals surface area contributed by atoms with Crippen LogP contribution in [0.1, 0.15) is 31.9 Å². The Morgan fingerprint density at radius 1 is 1.04 bits per heavy atom. The molecule has 0 spiro atoms. The first-order valence-corrected chi connectivity index (χ1v) is 8.50. The summed E-state index contributed by atoms with van der Waals surface area (Å²) >= 11 is 1.71. The van der Waals surface area contributed by atoms with E-state index >= 15 is 0 Å². The summed E-state index contributed by atoms with van der Waals surface area (Å²) in [6.45, 7) is 2.13. The highest BCUT2D eigenvalue weighted by Crippen LogP contribution is 2.30. The number of aryl methyl sites for hydroxylation is 1. The number of carbonyl (C=O) groups is 1. The molecule has 0 bridgehead atoms. The molecule has 1 aromatic heterocycles. The molecule has 3 aromatic rings. The number of aliphatic hydroxyl groups excluding tert-OH is 1. The van der Waals surface area contributed by atoms with Crippen LogP contribution in [0, 0.1) is 6.92 Å². The molecular weight excluding hydrogens is 320 g/mol. The van der Waals surface area contributed by atoms with Crippen LogP contribution < -0.4 is 0 Å². The highest BCUT2D eigenvalue weighted by molar-refractivity contribution is 7.15. The van der Waals surface area contributed by atoms with Crippen LogP contribution >= 0.6 is 11.3 Å². The number of carboxylic acid groups (broad SMARTS) is 1. The topological polar surface area (TPSA) is 57.5 Å². The predicted molar refractivity (Wildman–Crippen MR) is 96.6 cm³/mol. The van der Waals surface area contributed by atoms with Gasteiger partial charge in [0.2, 0.25) is 0 Å². The average molecular weight is 338 g/mol. The second-order valence-electron chi connectivity index (χ2n) is 5.74. The molecule has 2 N–H and O–H groups in total. The van der Waals surface area contributed by atoms with E-state index < -0.39 is 5.97 Å². The van der Waals surface area contributed by atoms with Crippen LogP contribution in [0.5, 0.6) is 0 Å². The molecule has 0 aliphatic rings. The number of aromatic carboxylic acids is 1. The van der Waals surface area contributed by atoms with Crippen LogP contribution in [0.2, 0.25) is 0 Å². The van der Waals surface area contributed by atoms with Gasteiger partial charge in [0.05, 0.1) is 12.2 Å². The van der Waals surface area contributed by atoms with E-state index in [1.54, 1.807) is 23.5 Å². The Balaban J connectivity index is 1.82. The second kappa shape index (κ2) is 6.99. The third-order valence-electron chi connectivity index (χ3n) is 4.04. The Morgan fingerprint density at radius 2 is 1.79 bits per heavy atom. The number of thiophene rings is 1. The van der Waals surface area contributed by atoms with Crippen molar-refractivity contribution in [3.8, 4) is 10.4 Å². The lowest BCUT2D eigenvalue weighted by Gasteiger charge is -2.06. The zero-order valence-electron chi connectivity index (χ0n) is 13.3. The fraction of sp³-hybridized carbons (Fsp3) is 0.150.